The summed E-state index contributed by atoms with van der Waals surface area (Å²) < 4.78 is 1.07. The maximum Gasteiger partial charge on any atom is 0.137 e. The molecule has 88 valence electrons. The average Bonchev–Trinajstić information content (AvgIpc) is 2.31. The third kappa shape index (κ3) is 2.45. The number of rotatable bonds is 3. The van der Waals surface area contributed by atoms with E-state index in [1.165, 1.54) is 37.9 Å². The Balaban J connectivity index is 2.14. The molecule has 1 aromatic rings. The van der Waals surface area contributed by atoms with Crippen LogP contribution in [0.25, 0.3) is 0 Å². The molecule has 1 aliphatic heterocycles. The van der Waals surface area contributed by atoms with Gasteiger partial charge in [0, 0.05) is 12.5 Å². The minimum Gasteiger partial charge on any atom is -0.305 e. The molecule has 0 aromatic heterocycles. The van der Waals surface area contributed by atoms with Crippen molar-refractivity contribution in [3.63, 3.8) is 0 Å². The number of piperidine rings is 1. The average molecular weight is 219 g/mol. The zero-order valence-corrected chi connectivity index (χ0v) is 10.2. The van der Waals surface area contributed by atoms with E-state index in [4.69, 9.17) is 5.73 Å². The third-order valence-corrected chi connectivity index (χ3v) is 3.91. The van der Waals surface area contributed by atoms with Gasteiger partial charge in [-0.25, -0.2) is 0 Å². The normalized spacial score (nSPS) is 21.6. The number of likely N-dealkylation sites (tertiary alicyclic amines) is 1. The van der Waals surface area contributed by atoms with E-state index in [0.29, 0.717) is 0 Å². The van der Waals surface area contributed by atoms with E-state index in [9.17, 15) is 0 Å². The van der Waals surface area contributed by atoms with Crippen molar-refractivity contribution in [2.45, 2.75) is 38.9 Å². The summed E-state index contributed by atoms with van der Waals surface area (Å²) in [5.41, 5.74) is 7.64. The molecule has 1 heterocycles. The highest BCUT2D eigenvalue weighted by Crippen LogP contribution is 2.24. The predicted octanol–water partition coefficient (Wildman–Crippen LogP) is 2.49. The van der Waals surface area contributed by atoms with Crippen LogP contribution in [0.15, 0.2) is 30.3 Å². The number of hydrogen-bond acceptors (Lipinski definition) is 1. The first-order valence-electron chi connectivity index (χ1n) is 6.38. The van der Waals surface area contributed by atoms with Crippen molar-refractivity contribution in [1.82, 2.24) is 0 Å². The van der Waals surface area contributed by atoms with Crippen molar-refractivity contribution in [2.24, 2.45) is 5.73 Å². The Labute approximate surface area is 98.7 Å². The first-order chi connectivity index (χ1) is 7.73. The molecule has 0 bridgehead atoms. The van der Waals surface area contributed by atoms with Crippen LogP contribution in [-0.2, 0) is 6.54 Å². The van der Waals surface area contributed by atoms with Gasteiger partial charge in [-0.1, -0.05) is 30.3 Å². The van der Waals surface area contributed by atoms with Crippen LogP contribution in [0, 0.1) is 0 Å². The Morgan fingerprint density at radius 2 is 1.75 bits per heavy atom. The van der Waals surface area contributed by atoms with Gasteiger partial charge in [0.05, 0.1) is 13.1 Å². The smallest absolute Gasteiger partial charge is 0.137 e. The van der Waals surface area contributed by atoms with Gasteiger partial charge in [0.25, 0.3) is 0 Å². The topological polar surface area (TPSA) is 26.0 Å². The lowest BCUT2D eigenvalue weighted by Gasteiger charge is -2.44. The van der Waals surface area contributed by atoms with E-state index in [0.717, 1.165) is 11.0 Å². The SMILES string of the molecule is CC(N)[N+]1(Cc2ccccc2)CCCCC1. The molecule has 0 saturated carbocycles. The van der Waals surface area contributed by atoms with Crippen LogP contribution in [0.5, 0.6) is 0 Å². The molecule has 2 rings (SSSR count). The number of benzene rings is 1. The second-order valence-corrected chi connectivity index (χ2v) is 5.11. The van der Waals surface area contributed by atoms with Crippen LogP contribution in [0.4, 0.5) is 0 Å². The van der Waals surface area contributed by atoms with Gasteiger partial charge >= 0.3 is 0 Å². The van der Waals surface area contributed by atoms with Crippen LogP contribution in [0.2, 0.25) is 0 Å². The Morgan fingerprint density at radius 3 is 2.31 bits per heavy atom. The van der Waals surface area contributed by atoms with E-state index in [1.54, 1.807) is 0 Å². The van der Waals surface area contributed by atoms with Gasteiger partial charge in [-0.3, -0.25) is 5.73 Å². The maximum atomic E-state index is 6.22. The molecule has 0 amide bonds. The molecule has 1 aliphatic rings. The van der Waals surface area contributed by atoms with Gasteiger partial charge in [0.15, 0.2) is 0 Å². The van der Waals surface area contributed by atoms with Gasteiger partial charge in [-0.2, -0.15) is 0 Å². The molecule has 2 nitrogen and oxygen atoms in total. The summed E-state index contributed by atoms with van der Waals surface area (Å²) in [6.45, 7) is 5.74. The first-order valence-corrected chi connectivity index (χ1v) is 6.38. The Kier molecular flexibility index (Phi) is 3.62. The third-order valence-electron chi connectivity index (χ3n) is 3.91. The minimum absolute atomic E-state index is 0.250. The second-order valence-electron chi connectivity index (χ2n) is 5.11. The zero-order chi connectivity index (χ0) is 11.4. The number of hydrogen-bond donors (Lipinski definition) is 1. The maximum absolute atomic E-state index is 6.22. The van der Waals surface area contributed by atoms with Gasteiger partial charge in [-0.15, -0.1) is 0 Å². The molecule has 1 atom stereocenters. The number of quaternary nitrogens is 1. The van der Waals surface area contributed by atoms with Crippen LogP contribution in [0.1, 0.15) is 31.7 Å². The largest absolute Gasteiger partial charge is 0.305 e. The van der Waals surface area contributed by atoms with E-state index in [2.05, 4.69) is 37.3 Å². The highest BCUT2D eigenvalue weighted by atomic mass is 15.4. The molecule has 1 unspecified atom stereocenters. The Morgan fingerprint density at radius 1 is 1.12 bits per heavy atom. The summed E-state index contributed by atoms with van der Waals surface area (Å²) in [6, 6.07) is 10.8. The first kappa shape index (κ1) is 11.6. The van der Waals surface area contributed by atoms with E-state index in [-0.39, 0.29) is 6.17 Å². The summed E-state index contributed by atoms with van der Waals surface area (Å²) >= 11 is 0. The molecule has 16 heavy (non-hydrogen) atoms. The Bertz CT molecular complexity index is 313. The molecule has 0 radical (unpaired) electrons. The van der Waals surface area contributed by atoms with Crippen molar-refractivity contribution >= 4 is 0 Å². The molecule has 1 aromatic carbocycles. The van der Waals surface area contributed by atoms with Crippen molar-refractivity contribution < 1.29 is 4.48 Å². The lowest BCUT2D eigenvalue weighted by Crippen LogP contribution is -2.59. The Hall–Kier alpha value is -0.860. The van der Waals surface area contributed by atoms with Crippen LogP contribution < -0.4 is 5.73 Å². The van der Waals surface area contributed by atoms with E-state index < -0.39 is 0 Å². The lowest BCUT2D eigenvalue weighted by molar-refractivity contribution is -0.965. The minimum atomic E-state index is 0.250. The van der Waals surface area contributed by atoms with E-state index >= 15 is 0 Å². The highest BCUT2D eigenvalue weighted by molar-refractivity contribution is 5.13. The molecule has 0 aliphatic carbocycles. The predicted molar refractivity (Wildman–Crippen MR) is 67.6 cm³/mol. The summed E-state index contributed by atoms with van der Waals surface area (Å²) in [5.74, 6) is 0. The van der Waals surface area contributed by atoms with Crippen molar-refractivity contribution in [3.05, 3.63) is 35.9 Å². The highest BCUT2D eigenvalue weighted by Gasteiger charge is 2.33. The molecular weight excluding hydrogens is 196 g/mol. The van der Waals surface area contributed by atoms with Crippen molar-refractivity contribution in [2.75, 3.05) is 13.1 Å². The molecule has 0 spiro atoms. The summed E-state index contributed by atoms with van der Waals surface area (Å²) in [5, 5.41) is 0. The fourth-order valence-corrected chi connectivity index (χ4v) is 2.80. The monoisotopic (exact) mass is 219 g/mol. The standard InChI is InChI=1S/C14H23N2/c1-13(15)16(10-6-3-7-11-16)12-14-8-4-2-5-9-14/h2,4-5,8-9,13H,3,6-7,10-12,15H2,1H3/q+1. The quantitative estimate of drug-likeness (QED) is 0.777. The van der Waals surface area contributed by atoms with Crippen LogP contribution in [-0.4, -0.2) is 23.7 Å². The van der Waals surface area contributed by atoms with Gasteiger partial charge in [0.1, 0.15) is 12.7 Å². The van der Waals surface area contributed by atoms with Crippen LogP contribution in [0.3, 0.4) is 0 Å². The van der Waals surface area contributed by atoms with Gasteiger partial charge < -0.3 is 4.48 Å². The lowest BCUT2D eigenvalue weighted by atomic mass is 10.0. The van der Waals surface area contributed by atoms with Crippen LogP contribution >= 0.6 is 0 Å². The van der Waals surface area contributed by atoms with Gasteiger partial charge in [0.2, 0.25) is 0 Å². The fourth-order valence-electron chi connectivity index (χ4n) is 2.80. The molecule has 2 heteroatoms. The van der Waals surface area contributed by atoms with Gasteiger partial charge in [-0.05, 0) is 19.3 Å². The molecule has 1 fully saturated rings. The number of nitrogens with two attached hydrogens (primary N) is 1. The summed E-state index contributed by atoms with van der Waals surface area (Å²) in [4.78, 5) is 0. The fraction of sp³-hybridized carbons (Fsp3) is 0.571. The van der Waals surface area contributed by atoms with Crippen molar-refractivity contribution in [1.29, 1.82) is 0 Å². The second kappa shape index (κ2) is 4.98. The summed E-state index contributed by atoms with van der Waals surface area (Å²) in [7, 11) is 0. The summed E-state index contributed by atoms with van der Waals surface area (Å²) in [6.07, 6.45) is 4.28. The molecule has 1 saturated heterocycles. The van der Waals surface area contributed by atoms with E-state index in [1.807, 2.05) is 0 Å². The number of nitrogens with zero attached hydrogens (tertiary/aromatic N) is 1. The molecule has 2 N–H and O–H groups in total. The zero-order valence-electron chi connectivity index (χ0n) is 10.2. The molecular formula is C14H23N2+. The van der Waals surface area contributed by atoms with Crippen molar-refractivity contribution in [3.8, 4) is 0 Å².